The highest BCUT2D eigenvalue weighted by atomic mass is 19.1. The van der Waals surface area contributed by atoms with Gasteiger partial charge in [-0.2, -0.15) is 0 Å². The van der Waals surface area contributed by atoms with E-state index in [4.69, 9.17) is 10.7 Å². The second-order valence-corrected chi connectivity index (χ2v) is 15.7. The number of fused-ring (bicyclic) bond motifs is 9. The smallest absolute Gasteiger partial charge is 0.330 e. The zero-order chi connectivity index (χ0) is 32.6. The van der Waals surface area contributed by atoms with E-state index in [0.29, 0.717) is 28.1 Å². The van der Waals surface area contributed by atoms with Crippen LogP contribution in [0.5, 0.6) is 0 Å². The number of anilines is 2. The first-order valence-electron chi connectivity index (χ1n) is 17.3. The number of aromatic nitrogens is 1. The zero-order valence-electron chi connectivity index (χ0n) is 28.1. The standard InChI is InChI=1S/C39H47BF2N4/c1-24(38(4)14-8-6-9-15-38)25-18-31-36-29(20-26(41)21-30(36)42)40-28-13-12-27(43)22-32(28)46(40)35(39(5)16-10-7-11-17-39)23-33(44)37(2,3)34(19-25)45-31/h12-13,18-24,44H,6-11,14-17,43H2,1-5H3/b35-23-,44-33?. The minimum atomic E-state index is -0.756. The van der Waals surface area contributed by atoms with Crippen molar-refractivity contribution in [2.75, 3.05) is 10.5 Å². The summed E-state index contributed by atoms with van der Waals surface area (Å²) in [5.41, 5.74) is 12.9. The van der Waals surface area contributed by atoms with Gasteiger partial charge in [-0.1, -0.05) is 65.4 Å². The number of halogens is 2. The van der Waals surface area contributed by atoms with Crippen LogP contribution in [0, 0.1) is 27.9 Å². The Labute approximate surface area is 273 Å². The van der Waals surface area contributed by atoms with E-state index < -0.39 is 23.9 Å². The molecule has 46 heavy (non-hydrogen) atoms. The predicted molar refractivity (Wildman–Crippen MR) is 188 cm³/mol. The van der Waals surface area contributed by atoms with Crippen LogP contribution in [0.25, 0.3) is 11.3 Å². The van der Waals surface area contributed by atoms with Crippen LogP contribution in [0.15, 0.2) is 54.2 Å². The topological polar surface area (TPSA) is 66.0 Å². The third-order valence-corrected chi connectivity index (χ3v) is 12.3. The lowest BCUT2D eigenvalue weighted by molar-refractivity contribution is 0.177. The van der Waals surface area contributed by atoms with E-state index in [1.807, 2.05) is 18.2 Å². The molecule has 2 aliphatic carbocycles. The molecule has 1 atom stereocenters. The second kappa shape index (κ2) is 11.1. The highest BCUT2D eigenvalue weighted by Crippen LogP contribution is 2.50. The summed E-state index contributed by atoms with van der Waals surface area (Å²) in [7, 11) is 0. The molecule has 3 heterocycles. The molecule has 2 saturated carbocycles. The monoisotopic (exact) mass is 620 g/mol. The SMILES string of the molecule is CC(c1cc2nc(c1)C(C)(C)C(=N)/C=C(/C1(C)CCCCC1)N1B(c3ccc(N)cc31)c1cc(F)cc(F)c1-2)C1(C)CCCCC1. The molecular weight excluding hydrogens is 573 g/mol. The Hall–Kier alpha value is -3.48. The number of nitrogen functional groups attached to an aromatic ring is 1. The quantitative estimate of drug-likeness (QED) is 0.227. The van der Waals surface area contributed by atoms with Crippen molar-refractivity contribution in [3.63, 3.8) is 0 Å². The molecule has 2 aromatic carbocycles. The van der Waals surface area contributed by atoms with Crippen LogP contribution < -0.4 is 21.5 Å². The Balaban J connectivity index is 1.53. The molecule has 1 aromatic heterocycles. The number of pyridine rings is 1. The van der Waals surface area contributed by atoms with E-state index in [0.717, 1.165) is 72.7 Å². The molecule has 0 radical (unpaired) electrons. The number of hydrogen-bond acceptors (Lipinski definition) is 4. The maximum Gasteiger partial charge on any atom is 0.330 e. The summed E-state index contributed by atoms with van der Waals surface area (Å²) in [6.07, 6.45) is 13.4. The summed E-state index contributed by atoms with van der Waals surface area (Å²) in [6, 6.07) is 12.6. The van der Waals surface area contributed by atoms with Gasteiger partial charge < -0.3 is 16.0 Å². The van der Waals surface area contributed by atoms with Crippen LogP contribution in [-0.2, 0) is 5.41 Å². The molecule has 7 rings (SSSR count). The largest absolute Gasteiger partial charge is 0.399 e. The molecule has 2 bridgehead atoms. The van der Waals surface area contributed by atoms with Crippen LogP contribution in [-0.4, -0.2) is 17.5 Å². The number of benzene rings is 2. The van der Waals surface area contributed by atoms with E-state index in [-0.39, 0.29) is 16.7 Å². The summed E-state index contributed by atoms with van der Waals surface area (Å²) >= 11 is 0. The number of nitrogens with zero attached hydrogens (tertiary/aromatic N) is 2. The molecule has 3 aromatic rings. The Kier molecular flexibility index (Phi) is 7.49. The van der Waals surface area contributed by atoms with E-state index in [1.54, 1.807) is 0 Å². The maximum absolute atomic E-state index is 16.4. The molecule has 7 heteroatoms. The van der Waals surface area contributed by atoms with Gasteiger partial charge in [-0.05, 0) is 104 Å². The van der Waals surface area contributed by atoms with Crippen LogP contribution in [0.2, 0.25) is 0 Å². The average molecular weight is 621 g/mol. The van der Waals surface area contributed by atoms with Gasteiger partial charge in [0.15, 0.2) is 0 Å². The van der Waals surface area contributed by atoms with Crippen molar-refractivity contribution in [3.05, 3.63) is 77.1 Å². The Morgan fingerprint density at radius 1 is 0.870 bits per heavy atom. The summed E-state index contributed by atoms with van der Waals surface area (Å²) in [6.45, 7) is 10.7. The van der Waals surface area contributed by atoms with Crippen LogP contribution in [0.1, 0.15) is 116 Å². The molecule has 2 fully saturated rings. The fraction of sp³-hybridized carbons (Fsp3) is 0.487. The highest BCUT2D eigenvalue weighted by Gasteiger charge is 2.49. The first kappa shape index (κ1) is 31.1. The van der Waals surface area contributed by atoms with Gasteiger partial charge in [0.1, 0.15) is 11.6 Å². The summed E-state index contributed by atoms with van der Waals surface area (Å²) in [5.74, 6) is -0.990. The van der Waals surface area contributed by atoms with E-state index in [2.05, 4.69) is 57.6 Å². The number of allylic oxidation sites excluding steroid dienone is 2. The van der Waals surface area contributed by atoms with Gasteiger partial charge in [0.05, 0.1) is 11.4 Å². The highest BCUT2D eigenvalue weighted by molar-refractivity contribution is 6.95. The van der Waals surface area contributed by atoms with Crippen molar-refractivity contribution >= 4 is 34.9 Å². The van der Waals surface area contributed by atoms with Crippen molar-refractivity contribution in [2.24, 2.45) is 10.8 Å². The minimum absolute atomic E-state index is 0.121. The van der Waals surface area contributed by atoms with Crippen molar-refractivity contribution in [1.29, 1.82) is 5.41 Å². The maximum atomic E-state index is 16.4. The Morgan fingerprint density at radius 2 is 1.54 bits per heavy atom. The van der Waals surface area contributed by atoms with Gasteiger partial charge in [0.2, 0.25) is 0 Å². The van der Waals surface area contributed by atoms with Crippen molar-refractivity contribution < 1.29 is 8.78 Å². The fourth-order valence-corrected chi connectivity index (χ4v) is 8.89. The summed E-state index contributed by atoms with van der Waals surface area (Å²) in [4.78, 5) is 7.39. The van der Waals surface area contributed by atoms with E-state index in [1.165, 1.54) is 31.7 Å². The lowest BCUT2D eigenvalue weighted by Crippen LogP contribution is -2.68. The summed E-state index contributed by atoms with van der Waals surface area (Å²) < 4.78 is 31.8. The van der Waals surface area contributed by atoms with Crippen molar-refractivity contribution in [3.8, 4) is 11.3 Å². The van der Waals surface area contributed by atoms with E-state index >= 15 is 8.78 Å². The molecular formula is C39H47BF2N4. The van der Waals surface area contributed by atoms with Crippen LogP contribution in [0.4, 0.5) is 20.2 Å². The number of nitrogens with two attached hydrogens (primary N) is 1. The number of hydrogen-bond donors (Lipinski definition) is 2. The molecule has 0 saturated heterocycles. The fourth-order valence-electron chi connectivity index (χ4n) is 8.89. The third-order valence-electron chi connectivity index (χ3n) is 12.3. The zero-order valence-corrected chi connectivity index (χ0v) is 28.1. The number of rotatable bonds is 3. The van der Waals surface area contributed by atoms with Gasteiger partial charge in [0, 0.05) is 45.2 Å². The van der Waals surface area contributed by atoms with Crippen molar-refractivity contribution in [2.45, 2.75) is 110 Å². The first-order valence-corrected chi connectivity index (χ1v) is 17.3. The molecule has 4 nitrogen and oxygen atoms in total. The molecule has 240 valence electrons. The van der Waals surface area contributed by atoms with E-state index in [9.17, 15) is 5.41 Å². The van der Waals surface area contributed by atoms with Crippen molar-refractivity contribution in [1.82, 2.24) is 4.98 Å². The lowest BCUT2D eigenvalue weighted by Gasteiger charge is -2.51. The second-order valence-electron chi connectivity index (χ2n) is 15.7. The Morgan fingerprint density at radius 3 is 2.24 bits per heavy atom. The van der Waals surface area contributed by atoms with Gasteiger partial charge >= 0.3 is 6.85 Å². The molecule has 2 aliphatic heterocycles. The number of nitrogens with one attached hydrogen (secondary N) is 1. The third kappa shape index (κ3) is 4.91. The summed E-state index contributed by atoms with van der Waals surface area (Å²) in [5, 5.41) is 9.69. The lowest BCUT2D eigenvalue weighted by atomic mass is 9.41. The van der Waals surface area contributed by atoms with Gasteiger partial charge in [-0.15, -0.1) is 0 Å². The predicted octanol–water partition coefficient (Wildman–Crippen LogP) is 8.77. The molecule has 0 amide bonds. The Bertz CT molecular complexity index is 1750. The molecule has 3 N–H and O–H groups in total. The van der Waals surface area contributed by atoms with Crippen LogP contribution >= 0.6 is 0 Å². The van der Waals surface area contributed by atoms with Gasteiger partial charge in [-0.3, -0.25) is 4.98 Å². The van der Waals surface area contributed by atoms with Crippen LogP contribution in [0.3, 0.4) is 0 Å². The van der Waals surface area contributed by atoms with Gasteiger partial charge in [0.25, 0.3) is 0 Å². The average Bonchev–Trinajstić information content (AvgIpc) is 3.01. The normalized spacial score (nSPS) is 23.1. The van der Waals surface area contributed by atoms with Gasteiger partial charge in [-0.25, -0.2) is 8.78 Å². The minimum Gasteiger partial charge on any atom is -0.399 e. The molecule has 4 aliphatic rings. The first-order chi connectivity index (χ1) is 21.8. The molecule has 0 spiro atoms. The molecule has 1 unspecified atom stereocenters.